The molecule has 1 saturated heterocycles. The lowest BCUT2D eigenvalue weighted by Gasteiger charge is -2.36. The van der Waals surface area contributed by atoms with Crippen molar-refractivity contribution >= 4 is 27.4 Å². The minimum absolute atomic E-state index is 0.415. The van der Waals surface area contributed by atoms with Gasteiger partial charge in [-0.3, -0.25) is 4.68 Å². The van der Waals surface area contributed by atoms with Crippen molar-refractivity contribution in [2.45, 2.75) is 31.8 Å². The van der Waals surface area contributed by atoms with E-state index >= 15 is 0 Å². The van der Waals surface area contributed by atoms with E-state index in [1.54, 1.807) is 30.3 Å². The molecule has 6 nitrogen and oxygen atoms in total. The Morgan fingerprint density at radius 1 is 1.24 bits per heavy atom. The lowest BCUT2D eigenvalue weighted by molar-refractivity contribution is 0.397. The van der Waals surface area contributed by atoms with E-state index in [1.807, 2.05) is 4.68 Å². The fourth-order valence-electron chi connectivity index (χ4n) is 3.02. The molecule has 4 heterocycles. The Morgan fingerprint density at radius 2 is 2.24 bits per heavy atom. The van der Waals surface area contributed by atoms with Gasteiger partial charge in [-0.2, -0.15) is 5.10 Å². The molecule has 0 unspecified atom stereocenters. The molecule has 0 aliphatic carbocycles. The predicted octanol–water partition coefficient (Wildman–Crippen LogP) is 2.34. The number of thiophene rings is 1. The Labute approximate surface area is 126 Å². The van der Waals surface area contributed by atoms with Crippen molar-refractivity contribution < 1.29 is 0 Å². The van der Waals surface area contributed by atoms with E-state index in [4.69, 9.17) is 0 Å². The molecule has 1 aliphatic rings. The van der Waals surface area contributed by atoms with Gasteiger partial charge >= 0.3 is 0 Å². The third-order valence-corrected chi connectivity index (χ3v) is 4.83. The Hall–Kier alpha value is -2.02. The number of nitrogens with zero attached hydrogens (tertiary/aromatic N) is 6. The Balaban J connectivity index is 1.68. The van der Waals surface area contributed by atoms with Crippen LogP contribution in [0.3, 0.4) is 0 Å². The smallest absolute Gasteiger partial charge is 0.141 e. The van der Waals surface area contributed by atoms with Crippen molar-refractivity contribution in [1.29, 1.82) is 0 Å². The first-order valence-corrected chi connectivity index (χ1v) is 8.07. The van der Waals surface area contributed by atoms with Crippen LogP contribution in [0, 0.1) is 0 Å². The molecular weight excluding hydrogens is 284 g/mol. The number of rotatable bonds is 3. The standard InChI is InChI=1S/C14H16N6S/c1-2-5-20(11(3-1)7-19-10-15-8-18-19)13-12-4-6-21-14(12)17-9-16-13/h4,6,8-11H,1-3,5,7H2/t11-/m0/s1. The van der Waals surface area contributed by atoms with Gasteiger partial charge in [0, 0.05) is 6.54 Å². The molecular formula is C14H16N6S. The summed E-state index contributed by atoms with van der Waals surface area (Å²) in [4.78, 5) is 16.4. The maximum absolute atomic E-state index is 4.56. The SMILES string of the molecule is c1nc(N2CCCC[C@H]2Cn2cncn2)c2ccsc2n1. The van der Waals surface area contributed by atoms with Crippen molar-refractivity contribution in [2.75, 3.05) is 11.4 Å². The monoisotopic (exact) mass is 300 g/mol. The molecule has 0 spiro atoms. The summed E-state index contributed by atoms with van der Waals surface area (Å²) in [6, 6.07) is 2.54. The number of fused-ring (bicyclic) bond motifs is 1. The third-order valence-electron chi connectivity index (χ3n) is 4.00. The first kappa shape index (κ1) is 12.7. The Morgan fingerprint density at radius 3 is 3.14 bits per heavy atom. The molecule has 1 atom stereocenters. The molecule has 0 bridgehead atoms. The van der Waals surface area contributed by atoms with Crippen molar-refractivity contribution in [3.63, 3.8) is 0 Å². The van der Waals surface area contributed by atoms with Gasteiger partial charge in [0.05, 0.1) is 18.0 Å². The predicted molar refractivity (Wildman–Crippen MR) is 82.4 cm³/mol. The van der Waals surface area contributed by atoms with Crippen LogP contribution in [0.25, 0.3) is 10.2 Å². The average molecular weight is 300 g/mol. The molecule has 108 valence electrons. The highest BCUT2D eigenvalue weighted by Crippen LogP contribution is 2.31. The summed E-state index contributed by atoms with van der Waals surface area (Å²) in [6.45, 7) is 1.90. The second kappa shape index (κ2) is 5.40. The van der Waals surface area contributed by atoms with Crippen LogP contribution in [0.5, 0.6) is 0 Å². The van der Waals surface area contributed by atoms with Gasteiger partial charge in [0.25, 0.3) is 0 Å². The number of piperidine rings is 1. The van der Waals surface area contributed by atoms with Crippen LogP contribution in [0.15, 0.2) is 30.4 Å². The van der Waals surface area contributed by atoms with Crippen LogP contribution >= 0.6 is 11.3 Å². The summed E-state index contributed by atoms with van der Waals surface area (Å²) in [5, 5.41) is 7.48. The molecule has 0 radical (unpaired) electrons. The Kier molecular flexibility index (Phi) is 3.27. The Bertz CT molecular complexity index is 722. The normalized spacial score (nSPS) is 19.2. The van der Waals surface area contributed by atoms with Crippen LogP contribution in [-0.2, 0) is 6.54 Å². The van der Waals surface area contributed by atoms with E-state index < -0.39 is 0 Å². The van der Waals surface area contributed by atoms with Gasteiger partial charge in [0.15, 0.2) is 0 Å². The van der Waals surface area contributed by atoms with Crippen LogP contribution in [-0.4, -0.2) is 37.3 Å². The van der Waals surface area contributed by atoms with Gasteiger partial charge in [0.1, 0.15) is 29.6 Å². The molecule has 1 aliphatic heterocycles. The van der Waals surface area contributed by atoms with Crippen molar-refractivity contribution in [2.24, 2.45) is 0 Å². The molecule has 4 rings (SSSR count). The first-order valence-electron chi connectivity index (χ1n) is 7.19. The van der Waals surface area contributed by atoms with Gasteiger partial charge in [-0.1, -0.05) is 0 Å². The van der Waals surface area contributed by atoms with E-state index in [2.05, 4.69) is 36.4 Å². The van der Waals surface area contributed by atoms with Crippen LogP contribution < -0.4 is 4.90 Å². The highest BCUT2D eigenvalue weighted by atomic mass is 32.1. The molecule has 3 aromatic heterocycles. The van der Waals surface area contributed by atoms with Gasteiger partial charge in [-0.15, -0.1) is 11.3 Å². The summed E-state index contributed by atoms with van der Waals surface area (Å²) >= 11 is 1.67. The molecule has 21 heavy (non-hydrogen) atoms. The minimum atomic E-state index is 0.415. The topological polar surface area (TPSA) is 59.7 Å². The largest absolute Gasteiger partial charge is 0.351 e. The second-order valence-corrected chi connectivity index (χ2v) is 6.19. The van der Waals surface area contributed by atoms with Crippen molar-refractivity contribution in [3.8, 4) is 0 Å². The van der Waals surface area contributed by atoms with Crippen LogP contribution in [0.1, 0.15) is 19.3 Å². The zero-order valence-corrected chi connectivity index (χ0v) is 12.4. The quantitative estimate of drug-likeness (QED) is 0.743. The maximum atomic E-state index is 4.56. The maximum Gasteiger partial charge on any atom is 0.141 e. The van der Waals surface area contributed by atoms with E-state index in [0.717, 1.165) is 35.5 Å². The van der Waals surface area contributed by atoms with Crippen molar-refractivity contribution in [1.82, 2.24) is 24.7 Å². The van der Waals surface area contributed by atoms with Gasteiger partial charge in [-0.25, -0.2) is 15.0 Å². The van der Waals surface area contributed by atoms with Gasteiger partial charge in [0.2, 0.25) is 0 Å². The average Bonchev–Trinajstić information content (AvgIpc) is 3.18. The minimum Gasteiger partial charge on any atom is -0.351 e. The van der Waals surface area contributed by atoms with Crippen LogP contribution in [0.2, 0.25) is 0 Å². The molecule has 0 amide bonds. The van der Waals surface area contributed by atoms with Gasteiger partial charge in [-0.05, 0) is 30.7 Å². The van der Waals surface area contributed by atoms with E-state index in [0.29, 0.717) is 6.04 Å². The molecule has 0 saturated carbocycles. The summed E-state index contributed by atoms with van der Waals surface area (Å²) in [5.41, 5.74) is 0. The zero-order valence-electron chi connectivity index (χ0n) is 11.6. The molecule has 0 N–H and O–H groups in total. The van der Waals surface area contributed by atoms with Crippen molar-refractivity contribution in [3.05, 3.63) is 30.4 Å². The molecule has 1 fully saturated rings. The van der Waals surface area contributed by atoms with Gasteiger partial charge < -0.3 is 4.90 Å². The summed E-state index contributed by atoms with van der Waals surface area (Å²) in [5.74, 6) is 1.06. The highest BCUT2D eigenvalue weighted by molar-refractivity contribution is 7.16. The highest BCUT2D eigenvalue weighted by Gasteiger charge is 2.25. The fourth-order valence-corrected chi connectivity index (χ4v) is 3.75. The number of hydrogen-bond acceptors (Lipinski definition) is 6. The number of anilines is 1. The molecule has 3 aromatic rings. The zero-order chi connectivity index (χ0) is 14.1. The summed E-state index contributed by atoms with van der Waals surface area (Å²) in [7, 11) is 0. The lowest BCUT2D eigenvalue weighted by Crippen LogP contribution is -2.43. The van der Waals surface area contributed by atoms with E-state index in [9.17, 15) is 0 Å². The lowest BCUT2D eigenvalue weighted by atomic mass is 10.0. The number of hydrogen-bond donors (Lipinski definition) is 0. The first-order chi connectivity index (χ1) is 10.4. The molecule has 0 aromatic carbocycles. The second-order valence-electron chi connectivity index (χ2n) is 5.30. The van der Waals surface area contributed by atoms with E-state index in [1.165, 1.54) is 12.8 Å². The number of aromatic nitrogens is 5. The van der Waals surface area contributed by atoms with E-state index in [-0.39, 0.29) is 0 Å². The fraction of sp³-hybridized carbons (Fsp3) is 0.429. The molecule has 7 heteroatoms. The summed E-state index contributed by atoms with van der Waals surface area (Å²) < 4.78 is 1.91. The summed E-state index contributed by atoms with van der Waals surface area (Å²) in [6.07, 6.45) is 8.68. The van der Waals surface area contributed by atoms with Crippen LogP contribution in [0.4, 0.5) is 5.82 Å². The third kappa shape index (κ3) is 2.37.